The van der Waals surface area contributed by atoms with E-state index < -0.39 is 468 Å². The fraction of sp³-hybridized carbons (Fsp3) is 0.986. The Labute approximate surface area is 809 Å². The topological polar surface area (TPSA) is 1150 Å². The maximum Gasteiger partial charge on any atom is 0.470 e. The molecule has 842 valence electrons. The normalized spacial score (nSPS) is 49.0. The number of phosphoric ester groups is 2. The Balaban J connectivity index is 1.01. The van der Waals surface area contributed by atoms with Crippen LogP contribution in [-0.4, -0.2) is 650 Å². The number of hydrogen-bond donors (Lipinski definition) is 43. The van der Waals surface area contributed by atoms with Crippen molar-refractivity contribution < 1.29 is 326 Å². The molecule has 11 rings (SSSR count). The van der Waals surface area contributed by atoms with Crippen molar-refractivity contribution in [1.82, 2.24) is 0 Å². The molecule has 0 radical (unpaired) electrons. The van der Waals surface area contributed by atoms with Gasteiger partial charge in [-0.3, -0.25) is 9.05 Å². The van der Waals surface area contributed by atoms with Crippen LogP contribution in [0.3, 0.4) is 0 Å². The first-order valence-electron chi connectivity index (χ1n) is 44.4. The standard InChI is InChI=1S/C73H129N3O66P2/c74-25-32(93)30(91)22(124-62(25)111)10-121-64-27(76)34(95)55(142-144(117,118)119)24(129-64)12-123-73(72(112)113)1-18(141-143(114,115)116)56(54(140-73)16(87)5-80)134-70-49(110)59(137-71-60(42(103)41(102)51(132-71)14(85)3-78)138-69-47(108)38(99)40(101)52(131-69)17(88)9-120-63-26(75)33(94)28(89)19(6-81)125-63)61(57(135-70)21(8-83)127-67-46(107)37(98)39(100)50(130-67)13(84)2-77)139-68-45(106)36(97)31(92)23(128-68)11-122-65-48(109)43(104)58(53(133-65)15(86)4-79)136-66-44(105)35(96)29(90)20(7-82)126-66/h13-71,77-111H,1-12,74-76H2,(H,112,113)(H2,114,115,116)(H2,117,118,119)/t13-,14-,15-,16+,17-,18+,19+,20+,21-,22+,23+,24+,25+,26+,27+,28+,29-,30+,31+,32+,33+,34+,35-,36-,37-,38-,39-,40-,41-,42-,43+,44+,45+,46-,47-,48-,49+,50+,51+,52+,53+,54+,55+,56+,57+,58-,59+,60-,61+,62-,63-,64+,65-,66+,67-,68-,69+,70-,71+,73+/m0/s1. The molecule has 0 bridgehead atoms. The van der Waals surface area contributed by atoms with Gasteiger partial charge in [-0.15, -0.1) is 0 Å². The Bertz CT molecular complexity index is 4010. The molecule has 69 nitrogen and oxygen atoms in total. The molecule has 11 saturated heterocycles. The van der Waals surface area contributed by atoms with Gasteiger partial charge in [-0.1, -0.05) is 0 Å². The van der Waals surface area contributed by atoms with Crippen LogP contribution in [0.25, 0.3) is 0 Å². The van der Waals surface area contributed by atoms with Crippen LogP contribution in [0.5, 0.6) is 0 Å². The molecule has 11 aliphatic rings. The van der Waals surface area contributed by atoms with Crippen molar-refractivity contribution in [3.8, 4) is 0 Å². The monoisotopic (exact) mass is 2170 g/mol. The van der Waals surface area contributed by atoms with E-state index in [0.29, 0.717) is 0 Å². The minimum atomic E-state index is -6.43. The lowest BCUT2D eigenvalue weighted by atomic mass is 9.90. The summed E-state index contributed by atoms with van der Waals surface area (Å²) in [6, 6.07) is -5.34. The van der Waals surface area contributed by atoms with Gasteiger partial charge in [0.2, 0.25) is 0 Å². The number of carboxylic acid groups (broad SMARTS) is 1. The van der Waals surface area contributed by atoms with Crippen molar-refractivity contribution >= 4 is 21.6 Å². The highest BCUT2D eigenvalue weighted by molar-refractivity contribution is 7.46. The lowest BCUT2D eigenvalue weighted by Crippen LogP contribution is -2.71. The van der Waals surface area contributed by atoms with Crippen LogP contribution in [0.4, 0.5) is 0 Å². The number of aliphatic hydroxyl groups is 35. The molecule has 46 N–H and O–H groups in total. The van der Waals surface area contributed by atoms with Gasteiger partial charge in [0.05, 0.1) is 90.8 Å². The number of ether oxygens (including phenoxy) is 21. The van der Waals surface area contributed by atoms with Gasteiger partial charge < -0.3 is 320 Å². The predicted octanol–water partition coefficient (Wildman–Crippen LogP) is -28.2. The summed E-state index contributed by atoms with van der Waals surface area (Å²) in [5.74, 6) is -6.34. The van der Waals surface area contributed by atoms with Crippen LogP contribution in [0.1, 0.15) is 6.42 Å². The summed E-state index contributed by atoms with van der Waals surface area (Å²) in [4.78, 5) is 55.9. The van der Waals surface area contributed by atoms with Crippen LogP contribution < -0.4 is 17.2 Å². The third-order valence-electron chi connectivity index (χ3n) is 25.9. The molecular weight excluding hydrogens is 2040 g/mol. The average molecular weight is 2170 g/mol. The summed E-state index contributed by atoms with van der Waals surface area (Å²) in [5, 5.41) is 403. The van der Waals surface area contributed by atoms with E-state index in [4.69, 9.17) is 126 Å². The molecule has 71 heteroatoms. The minimum Gasteiger partial charge on any atom is -0.477 e. The van der Waals surface area contributed by atoms with Crippen molar-refractivity contribution in [2.75, 3.05) is 72.7 Å². The lowest BCUT2D eigenvalue weighted by molar-refractivity contribution is -0.420. The third kappa shape index (κ3) is 27.0. The van der Waals surface area contributed by atoms with Gasteiger partial charge in [-0.05, 0) is 0 Å². The number of nitrogens with two attached hydrogens (primary N) is 3. The zero-order valence-corrected chi connectivity index (χ0v) is 76.5. The molecule has 0 aromatic heterocycles. The number of rotatable bonds is 42. The van der Waals surface area contributed by atoms with Crippen molar-refractivity contribution in [2.24, 2.45) is 17.2 Å². The lowest BCUT2D eigenvalue weighted by Gasteiger charge is -2.53. The van der Waals surface area contributed by atoms with E-state index in [2.05, 4.69) is 0 Å². The Kier molecular flexibility index (Phi) is 43.3. The molecule has 0 aromatic rings. The molecule has 60 atom stereocenters. The molecule has 0 amide bonds. The molecule has 144 heavy (non-hydrogen) atoms. The van der Waals surface area contributed by atoms with E-state index in [1.165, 1.54) is 0 Å². The van der Waals surface area contributed by atoms with Gasteiger partial charge in [-0.2, -0.15) is 0 Å². The van der Waals surface area contributed by atoms with E-state index in [9.17, 15) is 217 Å². The van der Waals surface area contributed by atoms with E-state index in [0.717, 1.165) is 0 Å². The van der Waals surface area contributed by atoms with Crippen molar-refractivity contribution in [2.45, 2.75) is 374 Å². The van der Waals surface area contributed by atoms with Crippen LogP contribution in [0.2, 0.25) is 0 Å². The van der Waals surface area contributed by atoms with Crippen LogP contribution >= 0.6 is 15.6 Å². The third-order valence-corrected chi connectivity index (χ3v) is 27.0. The highest BCUT2D eigenvalue weighted by Gasteiger charge is 2.66. The largest absolute Gasteiger partial charge is 0.477 e. The quantitative estimate of drug-likeness (QED) is 0.0252. The highest BCUT2D eigenvalue weighted by Crippen LogP contribution is 2.49. The molecule has 11 fully saturated rings. The summed E-state index contributed by atoms with van der Waals surface area (Å²) in [5.41, 5.74) is 17.8. The zero-order valence-electron chi connectivity index (χ0n) is 74.7. The molecule has 0 spiro atoms. The molecule has 0 aliphatic carbocycles. The summed E-state index contributed by atoms with van der Waals surface area (Å²) >= 11 is 0. The molecule has 0 saturated carbocycles. The second kappa shape index (κ2) is 51.3. The number of phosphoric acid groups is 2. The van der Waals surface area contributed by atoms with Crippen LogP contribution in [0.15, 0.2) is 0 Å². The number of hydrogen-bond acceptors (Lipinski definition) is 64. The molecule has 11 aliphatic heterocycles. The average Bonchev–Trinajstić information content (AvgIpc) is 0.744. The first-order valence-corrected chi connectivity index (χ1v) is 47.5. The van der Waals surface area contributed by atoms with Gasteiger partial charge in [0, 0.05) is 6.42 Å². The van der Waals surface area contributed by atoms with E-state index in [1.54, 1.807) is 0 Å². The van der Waals surface area contributed by atoms with Gasteiger partial charge >= 0.3 is 21.6 Å². The van der Waals surface area contributed by atoms with E-state index in [1.807, 2.05) is 0 Å². The summed E-state index contributed by atoms with van der Waals surface area (Å²) in [7, 11) is -12.4. The van der Waals surface area contributed by atoms with E-state index in [-0.39, 0.29) is 0 Å². The molecular formula is C73H129N3O66P2. The molecule has 0 aromatic carbocycles. The fourth-order valence-electron chi connectivity index (χ4n) is 17.7. The maximum atomic E-state index is 14.1. The number of aliphatic hydroxyl groups excluding tert-OH is 35. The van der Waals surface area contributed by atoms with Gasteiger partial charge in [-0.25, -0.2) is 13.9 Å². The van der Waals surface area contributed by atoms with Crippen molar-refractivity contribution in [1.29, 1.82) is 0 Å². The molecule has 0 unspecified atom stereocenters. The SMILES string of the molecule is N[C@@H]1[C@@H](O)[C@H](O)[C@@H](CO[C@@H]2O[C@H](CO[C@]3(C(=O)O)C[C@@H](OP(=O)(O)O)[C@@H](O[C@H]4O[C@H]([C@H](CO)O[C@H]5O[C@H]([C@@H](O)CO)[C@@H](O)[C@H](O)[C@@H]5O)[C@@H](O[C@@H]5O[C@H](CO[C@H]6O[C@H]([C@@H](O)CO)[C@@H](O[C@H]7O[C@H](CO)[C@H](O)[C@H](O)[C@H]7O)[C@H](O)[C@@H]6O)[C@@H](O)[C@H](O)[C@H]5O)[C@H](O[C@H]5O[C@H]([C@@H](O)CO)[C@@H](O)[C@H](O)[C@@H]5O[C@H]5O[C@H]([C@@H](O)CO[C@H]6O[C@H](CO)[C@@H](O)[C@H](O)[C@H]6N)[C@@H](O)[C@H](O)[C@@H]5O)[C@H]4O)[C@@H]([C@H](O)CO)O3)[C@@H](OP(=O)(O)O)[C@H](O)[C@H]2N)O[C@@H]1O. The van der Waals surface area contributed by atoms with Crippen LogP contribution in [0, 0.1) is 0 Å². The van der Waals surface area contributed by atoms with Crippen LogP contribution in [-0.2, 0) is 122 Å². The number of carbonyl (C=O) groups is 1. The second-order valence-electron chi connectivity index (χ2n) is 35.8. The predicted molar refractivity (Wildman–Crippen MR) is 431 cm³/mol. The second-order valence-corrected chi connectivity index (χ2v) is 38.1. The summed E-state index contributed by atoms with van der Waals surface area (Å²) < 4.78 is 158. The minimum absolute atomic E-state index is 0.970. The van der Waals surface area contributed by atoms with Gasteiger partial charge in [0.25, 0.3) is 5.79 Å². The van der Waals surface area contributed by atoms with Crippen molar-refractivity contribution in [3.63, 3.8) is 0 Å². The van der Waals surface area contributed by atoms with Gasteiger partial charge in [0.1, 0.15) is 281 Å². The van der Waals surface area contributed by atoms with Gasteiger partial charge in [0.15, 0.2) is 62.9 Å². The molecule has 11 heterocycles. The first-order chi connectivity index (χ1) is 67.5. The maximum absolute atomic E-state index is 14.1. The first kappa shape index (κ1) is 122. The fourth-order valence-corrected chi connectivity index (χ4v) is 18.9. The summed E-state index contributed by atoms with van der Waals surface area (Å²) in [6.07, 6.45) is -141. The number of carboxylic acids is 1. The Morgan fingerprint density at radius 1 is 0.312 bits per heavy atom. The van der Waals surface area contributed by atoms with Crippen molar-refractivity contribution in [3.05, 3.63) is 0 Å². The number of aliphatic carboxylic acids is 1. The Hall–Kier alpha value is -2.67. The Morgan fingerprint density at radius 2 is 0.688 bits per heavy atom. The smallest absolute Gasteiger partial charge is 0.470 e. The zero-order chi connectivity index (χ0) is 107. The highest BCUT2D eigenvalue weighted by atomic mass is 31.2. The Morgan fingerprint density at radius 3 is 1.23 bits per heavy atom. The van der Waals surface area contributed by atoms with E-state index >= 15 is 0 Å². The summed E-state index contributed by atoms with van der Waals surface area (Å²) in [6.45, 7) is -15.0.